The summed E-state index contributed by atoms with van der Waals surface area (Å²) < 4.78 is 25.0. The Labute approximate surface area is 179 Å². The number of para-hydroxylation sites is 1. The van der Waals surface area contributed by atoms with Gasteiger partial charge in [-0.1, -0.05) is 19.1 Å². The van der Waals surface area contributed by atoms with E-state index in [1.54, 1.807) is 25.2 Å². The number of hydrogen-bond donors (Lipinski definition) is 1. The van der Waals surface area contributed by atoms with E-state index in [4.69, 9.17) is 9.47 Å². The van der Waals surface area contributed by atoms with Gasteiger partial charge in [0.25, 0.3) is 0 Å². The molecule has 1 N–H and O–H groups in total. The zero-order valence-corrected chi connectivity index (χ0v) is 18.9. The molecule has 1 unspecified atom stereocenters. The maximum Gasteiger partial charge on any atom is 0.193 e. The Balaban J connectivity index is 0.00000364. The zero-order valence-electron chi connectivity index (χ0n) is 16.6. The van der Waals surface area contributed by atoms with Crippen LogP contribution in [0.2, 0.25) is 0 Å². The van der Waals surface area contributed by atoms with Gasteiger partial charge < -0.3 is 19.7 Å². The average molecular weight is 493 g/mol. The molecule has 1 saturated heterocycles. The molecule has 2 rings (SSSR count). The molecule has 0 spiro atoms. The third-order valence-corrected chi connectivity index (χ3v) is 4.86. The molecule has 0 aliphatic carbocycles. The lowest BCUT2D eigenvalue weighted by Crippen LogP contribution is -2.44. The zero-order chi connectivity index (χ0) is 18.8. The van der Waals surface area contributed by atoms with E-state index in [1.807, 2.05) is 14.0 Å². The summed E-state index contributed by atoms with van der Waals surface area (Å²) in [6.07, 6.45) is 4.10. The summed E-state index contributed by atoms with van der Waals surface area (Å²) in [6.45, 7) is 5.33. The lowest BCUT2D eigenvalue weighted by Gasteiger charge is -2.28. The Morgan fingerprint density at radius 1 is 1.37 bits per heavy atom. The number of benzene rings is 1. The van der Waals surface area contributed by atoms with E-state index in [0.717, 1.165) is 57.3 Å². The number of halogens is 2. The van der Waals surface area contributed by atoms with Gasteiger partial charge in [0.15, 0.2) is 17.5 Å². The summed E-state index contributed by atoms with van der Waals surface area (Å²) in [4.78, 5) is 6.50. The Morgan fingerprint density at radius 2 is 2.07 bits per heavy atom. The maximum atomic E-state index is 13.8. The Kier molecular flexibility index (Phi) is 11.7. The number of guanidine groups is 1. The number of nitrogens with zero attached hydrogens (tertiary/aromatic N) is 2. The predicted molar refractivity (Wildman–Crippen MR) is 119 cm³/mol. The maximum absolute atomic E-state index is 13.8. The van der Waals surface area contributed by atoms with Crippen molar-refractivity contribution in [3.63, 3.8) is 0 Å². The van der Waals surface area contributed by atoms with Crippen LogP contribution in [0.1, 0.15) is 32.6 Å². The van der Waals surface area contributed by atoms with Crippen molar-refractivity contribution < 1.29 is 13.9 Å². The summed E-state index contributed by atoms with van der Waals surface area (Å²) in [5, 5.41) is 3.35. The first-order chi connectivity index (χ1) is 12.6. The molecule has 27 heavy (non-hydrogen) atoms. The van der Waals surface area contributed by atoms with Crippen molar-refractivity contribution in [2.45, 2.75) is 38.7 Å². The van der Waals surface area contributed by atoms with Crippen LogP contribution in [-0.2, 0) is 4.74 Å². The van der Waals surface area contributed by atoms with Crippen molar-refractivity contribution in [3.05, 3.63) is 30.1 Å². The predicted octanol–water partition coefficient (Wildman–Crippen LogP) is 3.93. The molecule has 1 aromatic carbocycles. The molecular weight excluding hydrogens is 460 g/mol. The van der Waals surface area contributed by atoms with Gasteiger partial charge in [-0.2, -0.15) is 0 Å². The van der Waals surface area contributed by atoms with Crippen LogP contribution in [0.3, 0.4) is 0 Å². The average Bonchev–Trinajstić information content (AvgIpc) is 2.68. The van der Waals surface area contributed by atoms with E-state index >= 15 is 0 Å². The molecule has 0 bridgehead atoms. The fraction of sp³-hybridized carbons (Fsp3) is 0.650. The Hall–Kier alpha value is -1.09. The Bertz CT molecular complexity index is 568. The van der Waals surface area contributed by atoms with Crippen molar-refractivity contribution in [3.8, 4) is 5.75 Å². The molecule has 1 aromatic rings. The van der Waals surface area contributed by atoms with Crippen molar-refractivity contribution in [1.82, 2.24) is 10.2 Å². The monoisotopic (exact) mass is 493 g/mol. The molecular formula is C20H33FIN3O2. The van der Waals surface area contributed by atoms with Crippen molar-refractivity contribution >= 4 is 29.9 Å². The number of ether oxygens (including phenoxy) is 2. The van der Waals surface area contributed by atoms with Crippen LogP contribution in [0.15, 0.2) is 29.3 Å². The quantitative estimate of drug-likeness (QED) is 0.339. The van der Waals surface area contributed by atoms with Gasteiger partial charge in [0.1, 0.15) is 6.10 Å². The minimum Gasteiger partial charge on any atom is -0.486 e. The lowest BCUT2D eigenvalue weighted by molar-refractivity contribution is 0.0625. The molecule has 1 aliphatic heterocycles. The molecule has 7 heteroatoms. The van der Waals surface area contributed by atoms with Crippen LogP contribution in [0.25, 0.3) is 0 Å². The van der Waals surface area contributed by atoms with Crippen molar-refractivity contribution in [2.75, 3.05) is 40.4 Å². The minimum atomic E-state index is -0.330. The number of nitrogens with one attached hydrogen (secondary N) is 1. The fourth-order valence-electron chi connectivity index (χ4n) is 3.10. The van der Waals surface area contributed by atoms with Crippen molar-refractivity contribution in [1.29, 1.82) is 0 Å². The first kappa shape index (κ1) is 23.9. The second-order valence-electron chi connectivity index (χ2n) is 6.77. The highest BCUT2D eigenvalue weighted by molar-refractivity contribution is 14.0. The first-order valence-corrected chi connectivity index (χ1v) is 9.54. The van der Waals surface area contributed by atoms with E-state index in [1.165, 1.54) is 6.07 Å². The van der Waals surface area contributed by atoms with Gasteiger partial charge in [-0.25, -0.2) is 4.39 Å². The topological polar surface area (TPSA) is 46.1 Å². The van der Waals surface area contributed by atoms with Crippen LogP contribution in [0.4, 0.5) is 4.39 Å². The number of hydrogen-bond acceptors (Lipinski definition) is 3. The van der Waals surface area contributed by atoms with E-state index < -0.39 is 0 Å². The largest absolute Gasteiger partial charge is 0.486 e. The van der Waals surface area contributed by atoms with Crippen molar-refractivity contribution in [2.24, 2.45) is 10.9 Å². The van der Waals surface area contributed by atoms with Crippen LogP contribution < -0.4 is 10.1 Å². The first-order valence-electron chi connectivity index (χ1n) is 9.54. The third kappa shape index (κ3) is 8.21. The number of rotatable bonds is 8. The highest BCUT2D eigenvalue weighted by atomic mass is 127. The van der Waals surface area contributed by atoms with Gasteiger partial charge in [-0.15, -0.1) is 24.0 Å². The molecule has 1 atom stereocenters. The summed E-state index contributed by atoms with van der Waals surface area (Å²) in [7, 11) is 3.83. The highest BCUT2D eigenvalue weighted by Crippen LogP contribution is 2.19. The second-order valence-corrected chi connectivity index (χ2v) is 6.77. The van der Waals surface area contributed by atoms with Crippen LogP contribution in [0, 0.1) is 11.7 Å². The Morgan fingerprint density at radius 3 is 2.70 bits per heavy atom. The highest BCUT2D eigenvalue weighted by Gasteiger charge is 2.17. The smallest absolute Gasteiger partial charge is 0.193 e. The van der Waals surface area contributed by atoms with Gasteiger partial charge in [-0.3, -0.25) is 4.99 Å². The lowest BCUT2D eigenvalue weighted by atomic mass is 9.96. The second kappa shape index (κ2) is 13.1. The van der Waals surface area contributed by atoms with E-state index in [2.05, 4.69) is 15.2 Å². The molecule has 0 amide bonds. The van der Waals surface area contributed by atoms with Crippen LogP contribution in [0.5, 0.6) is 5.75 Å². The number of aliphatic imine (C=N–C) groups is 1. The molecule has 1 heterocycles. The van der Waals surface area contributed by atoms with Gasteiger partial charge in [0.05, 0.1) is 6.54 Å². The van der Waals surface area contributed by atoms with E-state index in [9.17, 15) is 4.39 Å². The summed E-state index contributed by atoms with van der Waals surface area (Å²) in [5.41, 5.74) is 0. The molecule has 0 radical (unpaired) electrons. The van der Waals surface area contributed by atoms with E-state index in [0.29, 0.717) is 12.3 Å². The molecule has 5 nitrogen and oxygen atoms in total. The molecule has 0 saturated carbocycles. The molecule has 0 aromatic heterocycles. The van der Waals surface area contributed by atoms with Gasteiger partial charge >= 0.3 is 0 Å². The standard InChI is InChI=1S/C20H32FN3O2.HI/c1-4-17(26-19-8-6-5-7-18(19)21)15-23-20(22-2)24(3)12-9-16-10-13-25-14-11-16;/h5-8,16-17H,4,9-15H2,1-3H3,(H,22,23);1H. The minimum absolute atomic E-state index is 0. The van der Waals surface area contributed by atoms with Gasteiger partial charge in [0, 0.05) is 33.9 Å². The fourth-order valence-corrected chi connectivity index (χ4v) is 3.10. The third-order valence-electron chi connectivity index (χ3n) is 4.86. The molecule has 1 fully saturated rings. The van der Waals surface area contributed by atoms with Crippen LogP contribution >= 0.6 is 24.0 Å². The molecule has 154 valence electrons. The van der Waals surface area contributed by atoms with E-state index in [-0.39, 0.29) is 35.9 Å². The summed E-state index contributed by atoms with van der Waals surface area (Å²) >= 11 is 0. The van der Waals surface area contributed by atoms with Gasteiger partial charge in [-0.05, 0) is 43.7 Å². The van der Waals surface area contributed by atoms with Gasteiger partial charge in [0.2, 0.25) is 0 Å². The molecule has 1 aliphatic rings. The SMILES string of the molecule is CCC(CNC(=NC)N(C)CCC1CCOCC1)Oc1ccccc1F.I. The normalized spacial score (nSPS) is 16.4. The summed E-state index contributed by atoms with van der Waals surface area (Å²) in [6, 6.07) is 6.52. The van der Waals surface area contributed by atoms with Crippen LogP contribution in [-0.4, -0.2) is 57.4 Å². The summed E-state index contributed by atoms with van der Waals surface area (Å²) in [5.74, 6) is 1.54.